The molecule has 1 aromatic carbocycles. The van der Waals surface area contributed by atoms with Gasteiger partial charge in [0.05, 0.1) is 0 Å². The molecule has 130 valence electrons. The fourth-order valence-electron chi connectivity index (χ4n) is 4.73. The number of hydrogen-bond donors (Lipinski definition) is 2. The minimum atomic E-state index is 0.344. The van der Waals surface area contributed by atoms with Crippen molar-refractivity contribution in [2.75, 3.05) is 31.1 Å². The summed E-state index contributed by atoms with van der Waals surface area (Å²) in [5, 5.41) is 12.9. The molecule has 4 rings (SSSR count). The number of piperidine rings is 1. The van der Waals surface area contributed by atoms with Gasteiger partial charge in [0.2, 0.25) is 0 Å². The van der Waals surface area contributed by atoms with E-state index in [0.717, 1.165) is 56.8 Å². The van der Waals surface area contributed by atoms with E-state index in [-0.39, 0.29) is 0 Å². The van der Waals surface area contributed by atoms with Gasteiger partial charge in [0.1, 0.15) is 0 Å². The van der Waals surface area contributed by atoms with E-state index in [0.29, 0.717) is 12.5 Å². The monoisotopic (exact) mass is 326 g/mol. The highest BCUT2D eigenvalue weighted by atomic mass is 16.3. The van der Waals surface area contributed by atoms with Crippen LogP contribution in [-0.2, 0) is 6.54 Å². The van der Waals surface area contributed by atoms with Crippen LogP contribution in [0.25, 0.3) is 0 Å². The smallest absolute Gasteiger partial charge is 0.0460 e. The minimum Gasteiger partial charge on any atom is -0.396 e. The first-order chi connectivity index (χ1) is 11.8. The standard InChI is InChI=1S/C21H30N2O/c24-15-17-7-9-23(10-8-17)21-5-2-16(3-6-21)13-22-14-20-12-18-1-4-19(20)11-18/h1-6,17-20,22,24H,7-15H2. The third-order valence-corrected chi connectivity index (χ3v) is 6.33. The van der Waals surface area contributed by atoms with Gasteiger partial charge in [-0.05, 0) is 73.6 Å². The van der Waals surface area contributed by atoms with Crippen LogP contribution in [0.3, 0.4) is 0 Å². The molecule has 1 heterocycles. The lowest BCUT2D eigenvalue weighted by molar-refractivity contribution is 0.203. The Balaban J connectivity index is 1.23. The fourth-order valence-corrected chi connectivity index (χ4v) is 4.73. The summed E-state index contributed by atoms with van der Waals surface area (Å²) in [4.78, 5) is 2.45. The molecule has 0 spiro atoms. The zero-order valence-electron chi connectivity index (χ0n) is 14.5. The number of nitrogens with one attached hydrogen (secondary N) is 1. The van der Waals surface area contributed by atoms with Crippen molar-refractivity contribution in [1.29, 1.82) is 0 Å². The molecule has 1 saturated carbocycles. The summed E-state index contributed by atoms with van der Waals surface area (Å²) in [6, 6.07) is 9.05. The van der Waals surface area contributed by atoms with Crippen LogP contribution < -0.4 is 10.2 Å². The molecule has 3 nitrogen and oxygen atoms in total. The maximum atomic E-state index is 9.25. The molecular formula is C21H30N2O. The Labute approximate surface area is 145 Å². The second kappa shape index (κ2) is 7.28. The summed E-state index contributed by atoms with van der Waals surface area (Å²) in [5.74, 6) is 3.07. The highest BCUT2D eigenvalue weighted by Crippen LogP contribution is 2.42. The van der Waals surface area contributed by atoms with E-state index < -0.39 is 0 Å². The lowest BCUT2D eigenvalue weighted by atomic mass is 9.93. The molecule has 2 fully saturated rings. The van der Waals surface area contributed by atoms with Crippen LogP contribution in [-0.4, -0.2) is 31.3 Å². The summed E-state index contributed by atoms with van der Waals surface area (Å²) in [7, 11) is 0. The van der Waals surface area contributed by atoms with Gasteiger partial charge in [-0.2, -0.15) is 0 Å². The lowest BCUT2D eigenvalue weighted by Gasteiger charge is -2.33. The molecule has 0 aromatic heterocycles. The number of rotatable bonds is 6. The van der Waals surface area contributed by atoms with Crippen molar-refractivity contribution in [1.82, 2.24) is 5.32 Å². The molecule has 1 aromatic rings. The zero-order chi connectivity index (χ0) is 16.4. The minimum absolute atomic E-state index is 0.344. The van der Waals surface area contributed by atoms with Crippen molar-refractivity contribution in [2.45, 2.75) is 32.2 Å². The number of aliphatic hydroxyl groups is 1. The Morgan fingerprint density at radius 3 is 2.46 bits per heavy atom. The number of fused-ring (bicyclic) bond motifs is 2. The quantitative estimate of drug-likeness (QED) is 0.788. The molecule has 3 aliphatic rings. The second-order valence-electron chi connectivity index (χ2n) is 7.95. The summed E-state index contributed by atoms with van der Waals surface area (Å²) >= 11 is 0. The van der Waals surface area contributed by atoms with Gasteiger partial charge in [-0.1, -0.05) is 24.3 Å². The zero-order valence-corrected chi connectivity index (χ0v) is 14.5. The normalized spacial score (nSPS) is 29.5. The van der Waals surface area contributed by atoms with Crippen molar-refractivity contribution in [3.63, 3.8) is 0 Å². The molecule has 24 heavy (non-hydrogen) atoms. The van der Waals surface area contributed by atoms with E-state index in [4.69, 9.17) is 0 Å². The Bertz CT molecular complexity index is 560. The Hall–Kier alpha value is -1.32. The summed E-state index contributed by atoms with van der Waals surface area (Å²) < 4.78 is 0. The van der Waals surface area contributed by atoms with Crippen LogP contribution >= 0.6 is 0 Å². The fraction of sp³-hybridized carbons (Fsp3) is 0.619. The van der Waals surface area contributed by atoms with Crippen molar-refractivity contribution in [3.8, 4) is 0 Å². The number of benzene rings is 1. The maximum absolute atomic E-state index is 9.25. The van der Waals surface area contributed by atoms with Gasteiger partial charge in [0.25, 0.3) is 0 Å². The Morgan fingerprint density at radius 1 is 1.04 bits per heavy atom. The van der Waals surface area contributed by atoms with E-state index in [1.165, 1.54) is 24.1 Å². The van der Waals surface area contributed by atoms with Crippen molar-refractivity contribution in [3.05, 3.63) is 42.0 Å². The van der Waals surface area contributed by atoms with E-state index in [2.05, 4.69) is 46.6 Å². The van der Waals surface area contributed by atoms with E-state index in [9.17, 15) is 5.11 Å². The van der Waals surface area contributed by atoms with Gasteiger partial charge >= 0.3 is 0 Å². The number of nitrogens with zero attached hydrogens (tertiary/aromatic N) is 1. The molecule has 3 atom stereocenters. The molecule has 2 N–H and O–H groups in total. The van der Waals surface area contributed by atoms with Crippen molar-refractivity contribution < 1.29 is 5.11 Å². The molecule has 2 aliphatic carbocycles. The first kappa shape index (κ1) is 16.2. The van der Waals surface area contributed by atoms with Crippen LogP contribution in [0.5, 0.6) is 0 Å². The highest BCUT2D eigenvalue weighted by Gasteiger charge is 2.34. The van der Waals surface area contributed by atoms with Crippen LogP contribution in [0.4, 0.5) is 5.69 Å². The van der Waals surface area contributed by atoms with Gasteiger partial charge in [-0.25, -0.2) is 0 Å². The maximum Gasteiger partial charge on any atom is 0.0460 e. The van der Waals surface area contributed by atoms with Crippen molar-refractivity contribution in [2.24, 2.45) is 23.7 Å². The van der Waals surface area contributed by atoms with Crippen LogP contribution in [0.15, 0.2) is 36.4 Å². The molecule has 0 amide bonds. The van der Waals surface area contributed by atoms with Gasteiger partial charge in [-0.15, -0.1) is 0 Å². The van der Waals surface area contributed by atoms with E-state index in [1.807, 2.05) is 0 Å². The largest absolute Gasteiger partial charge is 0.396 e. The van der Waals surface area contributed by atoms with Crippen LogP contribution in [0.1, 0.15) is 31.2 Å². The number of anilines is 1. The Kier molecular flexibility index (Phi) is 4.91. The average molecular weight is 326 g/mol. The first-order valence-electron chi connectivity index (χ1n) is 9.65. The van der Waals surface area contributed by atoms with E-state index >= 15 is 0 Å². The predicted molar refractivity (Wildman–Crippen MR) is 99.0 cm³/mol. The summed E-state index contributed by atoms with van der Waals surface area (Å²) in [5.41, 5.74) is 2.70. The van der Waals surface area contributed by atoms with Crippen LogP contribution in [0, 0.1) is 23.7 Å². The van der Waals surface area contributed by atoms with Crippen molar-refractivity contribution >= 4 is 5.69 Å². The molecule has 3 heteroatoms. The molecule has 0 radical (unpaired) electrons. The molecule has 1 saturated heterocycles. The molecule has 2 bridgehead atoms. The number of hydrogen-bond acceptors (Lipinski definition) is 3. The summed E-state index contributed by atoms with van der Waals surface area (Å²) in [6.07, 6.45) is 9.86. The summed E-state index contributed by atoms with van der Waals surface area (Å²) in [6.45, 7) is 4.62. The molecule has 1 aliphatic heterocycles. The average Bonchev–Trinajstić information content (AvgIpc) is 3.26. The first-order valence-corrected chi connectivity index (χ1v) is 9.65. The van der Waals surface area contributed by atoms with Gasteiger partial charge < -0.3 is 15.3 Å². The topological polar surface area (TPSA) is 35.5 Å². The third kappa shape index (κ3) is 3.52. The number of allylic oxidation sites excluding steroid dienone is 2. The number of aliphatic hydroxyl groups excluding tert-OH is 1. The Morgan fingerprint density at radius 2 is 1.83 bits per heavy atom. The highest BCUT2D eigenvalue weighted by molar-refractivity contribution is 5.48. The third-order valence-electron chi connectivity index (χ3n) is 6.33. The SMILES string of the molecule is OCC1CCN(c2ccc(CNCC3CC4C=CC3C4)cc2)CC1. The second-order valence-corrected chi connectivity index (χ2v) is 7.95. The van der Waals surface area contributed by atoms with Gasteiger partial charge in [0.15, 0.2) is 0 Å². The van der Waals surface area contributed by atoms with E-state index in [1.54, 1.807) is 0 Å². The molecular weight excluding hydrogens is 296 g/mol. The van der Waals surface area contributed by atoms with Crippen LogP contribution in [0.2, 0.25) is 0 Å². The lowest BCUT2D eigenvalue weighted by Crippen LogP contribution is -2.34. The molecule has 3 unspecified atom stereocenters. The predicted octanol–water partition coefficient (Wildman–Crippen LogP) is 3.20. The van der Waals surface area contributed by atoms with Gasteiger partial charge in [0, 0.05) is 31.9 Å². The van der Waals surface area contributed by atoms with Gasteiger partial charge in [-0.3, -0.25) is 0 Å².